The van der Waals surface area contributed by atoms with Gasteiger partial charge in [-0.15, -0.1) is 0 Å². The van der Waals surface area contributed by atoms with Crippen LogP contribution >= 0.6 is 11.8 Å². The molecule has 0 saturated heterocycles. The van der Waals surface area contributed by atoms with Gasteiger partial charge < -0.3 is 10.5 Å². The van der Waals surface area contributed by atoms with E-state index in [1.165, 1.54) is 17.5 Å². The van der Waals surface area contributed by atoms with Gasteiger partial charge in [-0.1, -0.05) is 19.1 Å². The van der Waals surface area contributed by atoms with Crippen molar-refractivity contribution in [1.82, 2.24) is 0 Å². The summed E-state index contributed by atoms with van der Waals surface area (Å²) in [6, 6.07) is 6.49. The van der Waals surface area contributed by atoms with E-state index < -0.39 is 0 Å². The molecule has 1 aromatic carbocycles. The topological polar surface area (TPSA) is 35.2 Å². The van der Waals surface area contributed by atoms with Crippen LogP contribution in [0.5, 0.6) is 5.75 Å². The summed E-state index contributed by atoms with van der Waals surface area (Å²) in [5.74, 6) is 3.27. The van der Waals surface area contributed by atoms with Crippen LogP contribution in [0.3, 0.4) is 0 Å². The minimum Gasteiger partial charge on any atom is -0.492 e. The van der Waals surface area contributed by atoms with Gasteiger partial charge >= 0.3 is 0 Å². The van der Waals surface area contributed by atoms with Gasteiger partial charge in [0.15, 0.2) is 0 Å². The molecule has 1 aliphatic carbocycles. The maximum absolute atomic E-state index is 6.13. The molecule has 1 aliphatic rings. The van der Waals surface area contributed by atoms with Crippen LogP contribution in [-0.2, 0) is 6.42 Å². The van der Waals surface area contributed by atoms with Crippen molar-refractivity contribution in [2.75, 3.05) is 18.1 Å². The molecule has 2 rings (SSSR count). The molecule has 0 spiro atoms. The van der Waals surface area contributed by atoms with Gasteiger partial charge in [0, 0.05) is 11.8 Å². The average molecular weight is 251 g/mol. The molecule has 0 heterocycles. The fraction of sp³-hybridized carbons (Fsp3) is 0.571. The fourth-order valence-corrected chi connectivity index (χ4v) is 2.83. The van der Waals surface area contributed by atoms with Crippen LogP contribution in [0, 0.1) is 0 Å². The van der Waals surface area contributed by atoms with Crippen LogP contribution in [0.25, 0.3) is 0 Å². The molecule has 3 heteroatoms. The molecule has 1 atom stereocenters. The van der Waals surface area contributed by atoms with E-state index in [9.17, 15) is 0 Å². The van der Waals surface area contributed by atoms with E-state index >= 15 is 0 Å². The highest BCUT2D eigenvalue weighted by Crippen LogP contribution is 2.33. The fourth-order valence-electron chi connectivity index (χ4n) is 2.34. The number of thioether (sulfide) groups is 1. The number of rotatable bonds is 5. The lowest BCUT2D eigenvalue weighted by Gasteiger charge is -2.24. The van der Waals surface area contributed by atoms with Crippen LogP contribution in [0.2, 0.25) is 0 Å². The van der Waals surface area contributed by atoms with E-state index in [1.807, 2.05) is 11.8 Å². The number of hydrogen-bond donors (Lipinski definition) is 1. The third-order valence-electron chi connectivity index (χ3n) is 3.20. The second-order valence-electron chi connectivity index (χ2n) is 4.37. The van der Waals surface area contributed by atoms with Gasteiger partial charge in [0.05, 0.1) is 6.61 Å². The Morgan fingerprint density at radius 1 is 1.47 bits per heavy atom. The first-order valence-corrected chi connectivity index (χ1v) is 7.56. The van der Waals surface area contributed by atoms with Gasteiger partial charge in [-0.05, 0) is 42.2 Å². The Morgan fingerprint density at radius 3 is 3.18 bits per heavy atom. The first-order chi connectivity index (χ1) is 8.33. The maximum Gasteiger partial charge on any atom is 0.122 e. The minimum atomic E-state index is 0.201. The lowest BCUT2D eigenvalue weighted by molar-refractivity contribution is 0.337. The smallest absolute Gasteiger partial charge is 0.122 e. The maximum atomic E-state index is 6.13. The monoisotopic (exact) mass is 251 g/mol. The molecule has 0 fully saturated rings. The minimum absolute atomic E-state index is 0.201. The zero-order valence-corrected chi connectivity index (χ0v) is 11.3. The molecule has 0 saturated carbocycles. The van der Waals surface area contributed by atoms with Crippen LogP contribution in [0.1, 0.15) is 36.9 Å². The molecule has 17 heavy (non-hydrogen) atoms. The molecule has 1 aromatic rings. The van der Waals surface area contributed by atoms with Crippen molar-refractivity contribution < 1.29 is 4.74 Å². The highest BCUT2D eigenvalue weighted by Gasteiger charge is 2.19. The summed E-state index contributed by atoms with van der Waals surface area (Å²) in [5.41, 5.74) is 8.76. The second kappa shape index (κ2) is 6.31. The Hall–Kier alpha value is -0.670. The molecule has 0 aliphatic heterocycles. The van der Waals surface area contributed by atoms with E-state index in [-0.39, 0.29) is 6.04 Å². The third-order valence-corrected chi connectivity index (χ3v) is 4.06. The van der Waals surface area contributed by atoms with Crippen molar-refractivity contribution in [3.05, 3.63) is 29.3 Å². The van der Waals surface area contributed by atoms with Gasteiger partial charge in [0.1, 0.15) is 5.75 Å². The molecule has 0 amide bonds. The van der Waals surface area contributed by atoms with Gasteiger partial charge in [-0.25, -0.2) is 0 Å². The van der Waals surface area contributed by atoms with Gasteiger partial charge in [0.2, 0.25) is 0 Å². The number of ether oxygens (including phenoxy) is 1. The quantitative estimate of drug-likeness (QED) is 0.816. The number of benzene rings is 1. The summed E-state index contributed by atoms with van der Waals surface area (Å²) >= 11 is 1.92. The van der Waals surface area contributed by atoms with Gasteiger partial charge in [-0.2, -0.15) is 11.8 Å². The highest BCUT2D eigenvalue weighted by molar-refractivity contribution is 7.99. The molecule has 0 aromatic heterocycles. The summed E-state index contributed by atoms with van der Waals surface area (Å²) < 4.78 is 5.88. The SMILES string of the molecule is CCSCCOc1cccc2c1CCCC2N. The molecule has 0 radical (unpaired) electrons. The highest BCUT2D eigenvalue weighted by atomic mass is 32.2. The molecule has 2 N–H and O–H groups in total. The van der Waals surface area contributed by atoms with E-state index in [1.54, 1.807) is 0 Å². The Labute approximate surface area is 108 Å². The number of nitrogens with two attached hydrogens (primary N) is 1. The largest absolute Gasteiger partial charge is 0.492 e. The standard InChI is InChI=1S/C14H21NOS/c1-2-17-10-9-16-14-8-4-5-11-12(14)6-3-7-13(11)15/h4-5,8,13H,2-3,6-7,9-10,15H2,1H3. The normalized spacial score (nSPS) is 18.8. The van der Waals surface area contributed by atoms with E-state index in [4.69, 9.17) is 10.5 Å². The first kappa shape index (κ1) is 12.8. The van der Waals surface area contributed by atoms with Crippen LogP contribution < -0.4 is 10.5 Å². The predicted octanol–water partition coefficient (Wildman–Crippen LogP) is 3.15. The second-order valence-corrected chi connectivity index (χ2v) is 5.76. The lowest BCUT2D eigenvalue weighted by Crippen LogP contribution is -2.18. The van der Waals surface area contributed by atoms with Gasteiger partial charge in [-0.3, -0.25) is 0 Å². The zero-order valence-electron chi connectivity index (χ0n) is 10.4. The number of hydrogen-bond acceptors (Lipinski definition) is 3. The summed E-state index contributed by atoms with van der Waals surface area (Å²) in [6.07, 6.45) is 3.39. The Morgan fingerprint density at radius 2 is 2.35 bits per heavy atom. The Bertz CT molecular complexity index is 367. The van der Waals surface area contributed by atoms with Crippen molar-refractivity contribution >= 4 is 11.8 Å². The van der Waals surface area contributed by atoms with Crippen LogP contribution in [0.4, 0.5) is 0 Å². The third kappa shape index (κ3) is 3.17. The molecule has 0 bridgehead atoms. The van der Waals surface area contributed by atoms with E-state index in [0.717, 1.165) is 36.7 Å². The van der Waals surface area contributed by atoms with Crippen molar-refractivity contribution in [2.45, 2.75) is 32.2 Å². The van der Waals surface area contributed by atoms with Crippen LogP contribution in [-0.4, -0.2) is 18.1 Å². The van der Waals surface area contributed by atoms with Gasteiger partial charge in [0.25, 0.3) is 0 Å². The predicted molar refractivity (Wildman–Crippen MR) is 74.8 cm³/mol. The van der Waals surface area contributed by atoms with E-state index in [2.05, 4.69) is 25.1 Å². The molecule has 2 nitrogen and oxygen atoms in total. The van der Waals surface area contributed by atoms with E-state index in [0.29, 0.717) is 0 Å². The molecule has 1 unspecified atom stereocenters. The molecular formula is C14H21NOS. The summed E-state index contributed by atoms with van der Waals surface area (Å²) in [7, 11) is 0. The lowest BCUT2D eigenvalue weighted by atomic mass is 9.88. The molecular weight excluding hydrogens is 230 g/mol. The summed E-state index contributed by atoms with van der Waals surface area (Å²) in [4.78, 5) is 0. The Kier molecular flexibility index (Phi) is 4.75. The zero-order chi connectivity index (χ0) is 12.1. The molecule has 94 valence electrons. The van der Waals surface area contributed by atoms with Crippen LogP contribution in [0.15, 0.2) is 18.2 Å². The summed E-state index contributed by atoms with van der Waals surface area (Å²) in [5, 5.41) is 0. The van der Waals surface area contributed by atoms with Crippen molar-refractivity contribution in [1.29, 1.82) is 0 Å². The van der Waals surface area contributed by atoms with Crippen molar-refractivity contribution in [2.24, 2.45) is 5.73 Å². The number of fused-ring (bicyclic) bond motifs is 1. The average Bonchev–Trinajstić information content (AvgIpc) is 2.36. The Balaban J connectivity index is 2.04. The first-order valence-electron chi connectivity index (χ1n) is 6.41. The summed E-state index contributed by atoms with van der Waals surface area (Å²) in [6.45, 7) is 2.97. The van der Waals surface area contributed by atoms with Crippen molar-refractivity contribution in [3.63, 3.8) is 0 Å². The van der Waals surface area contributed by atoms with Crippen molar-refractivity contribution in [3.8, 4) is 5.75 Å².